The van der Waals surface area contributed by atoms with Crippen molar-refractivity contribution in [3.8, 4) is 0 Å². The van der Waals surface area contributed by atoms with Crippen molar-refractivity contribution in [3.63, 3.8) is 0 Å². The summed E-state index contributed by atoms with van der Waals surface area (Å²) in [5.41, 5.74) is 0. The van der Waals surface area contributed by atoms with Crippen molar-refractivity contribution < 1.29 is 28.5 Å². The van der Waals surface area contributed by atoms with E-state index in [0.717, 1.165) is 0 Å². The Labute approximate surface area is 108 Å². The van der Waals surface area contributed by atoms with Gasteiger partial charge in [0.1, 0.15) is 0 Å². The maximum absolute atomic E-state index is 11.5. The number of carbonyl (C=O) groups excluding carboxylic acids is 2. The van der Waals surface area contributed by atoms with E-state index in [9.17, 15) is 9.59 Å². The van der Waals surface area contributed by atoms with Crippen LogP contribution in [0.3, 0.4) is 0 Å². The zero-order chi connectivity index (χ0) is 13.8. The van der Waals surface area contributed by atoms with Gasteiger partial charge in [0.05, 0.1) is 19.8 Å². The van der Waals surface area contributed by atoms with Crippen LogP contribution in [0.15, 0.2) is 0 Å². The third kappa shape index (κ3) is 7.24. The Hall–Kier alpha value is -1.14. The number of hydrogen-bond acceptors (Lipinski definition) is 6. The molecule has 0 rings (SSSR count). The van der Waals surface area contributed by atoms with Gasteiger partial charge in [-0.25, -0.2) is 9.59 Å². The van der Waals surface area contributed by atoms with Crippen LogP contribution in [-0.4, -0.2) is 51.1 Å². The van der Waals surface area contributed by atoms with E-state index < -0.39 is 18.0 Å². The molecule has 0 aromatic rings. The van der Waals surface area contributed by atoms with E-state index in [-0.39, 0.29) is 19.8 Å². The number of rotatable bonds is 10. The normalized spacial score (nSPS) is 10.4. The van der Waals surface area contributed by atoms with Gasteiger partial charge in [0.25, 0.3) is 6.10 Å². The quantitative estimate of drug-likeness (QED) is 0.331. The Morgan fingerprint density at radius 2 is 1.44 bits per heavy atom. The number of hydrogen-bond donors (Lipinski definition) is 0. The van der Waals surface area contributed by atoms with E-state index in [4.69, 9.17) is 18.9 Å². The van der Waals surface area contributed by atoms with Crippen molar-refractivity contribution in [1.82, 2.24) is 0 Å². The third-order valence-electron chi connectivity index (χ3n) is 1.92. The average molecular weight is 262 g/mol. The minimum absolute atomic E-state index is 0.192. The van der Waals surface area contributed by atoms with Gasteiger partial charge in [0, 0.05) is 13.2 Å². The first-order valence-corrected chi connectivity index (χ1v) is 6.19. The van der Waals surface area contributed by atoms with Crippen LogP contribution in [0.4, 0.5) is 0 Å². The Kier molecular flexibility index (Phi) is 10.3. The van der Waals surface area contributed by atoms with Gasteiger partial charge >= 0.3 is 11.9 Å². The summed E-state index contributed by atoms with van der Waals surface area (Å²) in [6.07, 6.45) is -0.699. The Morgan fingerprint density at radius 1 is 0.889 bits per heavy atom. The van der Waals surface area contributed by atoms with E-state index in [1.54, 1.807) is 13.8 Å². The first-order valence-electron chi connectivity index (χ1n) is 6.19. The second-order valence-corrected chi connectivity index (χ2v) is 3.31. The van der Waals surface area contributed by atoms with Crippen molar-refractivity contribution in [2.45, 2.75) is 33.3 Å². The highest BCUT2D eigenvalue weighted by Crippen LogP contribution is 2.01. The molecule has 18 heavy (non-hydrogen) atoms. The van der Waals surface area contributed by atoms with Crippen LogP contribution in [0.25, 0.3) is 0 Å². The summed E-state index contributed by atoms with van der Waals surface area (Å²) in [6, 6.07) is 0. The van der Waals surface area contributed by atoms with Gasteiger partial charge in [-0.15, -0.1) is 0 Å². The summed E-state index contributed by atoms with van der Waals surface area (Å²) in [6.45, 7) is 6.98. The molecule has 0 bridgehead atoms. The zero-order valence-corrected chi connectivity index (χ0v) is 11.3. The summed E-state index contributed by atoms with van der Waals surface area (Å²) in [4.78, 5) is 23.0. The first-order chi connectivity index (χ1) is 8.67. The second kappa shape index (κ2) is 11.0. The standard InChI is InChI=1S/C12H22O6/c1-4-15-8-7-9-18-10(11(13)16-5-2)12(14)17-6-3/h10H,4-9H2,1-3H3. The lowest BCUT2D eigenvalue weighted by molar-refractivity contribution is -0.173. The summed E-state index contributed by atoms with van der Waals surface area (Å²) in [5, 5.41) is 0. The summed E-state index contributed by atoms with van der Waals surface area (Å²) >= 11 is 0. The largest absolute Gasteiger partial charge is 0.464 e. The maximum atomic E-state index is 11.5. The van der Waals surface area contributed by atoms with E-state index in [1.165, 1.54) is 0 Å². The average Bonchev–Trinajstić information content (AvgIpc) is 2.34. The number of carbonyl (C=O) groups is 2. The SMILES string of the molecule is CCOCCCOC(C(=O)OCC)C(=O)OCC. The molecule has 0 amide bonds. The Balaban J connectivity index is 4.12. The fourth-order valence-corrected chi connectivity index (χ4v) is 1.17. The summed E-state index contributed by atoms with van der Waals surface area (Å²) in [5.74, 6) is -1.43. The molecule has 0 fully saturated rings. The highest BCUT2D eigenvalue weighted by atomic mass is 16.6. The van der Waals surface area contributed by atoms with Gasteiger partial charge in [0.2, 0.25) is 0 Å². The van der Waals surface area contributed by atoms with Crippen LogP contribution in [0.2, 0.25) is 0 Å². The fraction of sp³-hybridized carbons (Fsp3) is 0.833. The van der Waals surface area contributed by atoms with Crippen LogP contribution in [-0.2, 0) is 28.5 Å². The lowest BCUT2D eigenvalue weighted by Crippen LogP contribution is -2.36. The second-order valence-electron chi connectivity index (χ2n) is 3.31. The minimum atomic E-state index is -1.30. The molecule has 0 aromatic heterocycles. The van der Waals surface area contributed by atoms with Gasteiger partial charge < -0.3 is 18.9 Å². The lowest BCUT2D eigenvalue weighted by atomic mass is 10.3. The molecule has 0 aliphatic rings. The van der Waals surface area contributed by atoms with Crippen molar-refractivity contribution in [2.24, 2.45) is 0 Å². The zero-order valence-electron chi connectivity index (χ0n) is 11.3. The van der Waals surface area contributed by atoms with Gasteiger partial charge in [0.15, 0.2) is 0 Å². The molecule has 0 aromatic carbocycles. The molecule has 106 valence electrons. The molecule has 0 aliphatic heterocycles. The molecule has 0 spiro atoms. The molecule has 0 unspecified atom stereocenters. The first kappa shape index (κ1) is 16.9. The summed E-state index contributed by atoms with van der Waals surface area (Å²) in [7, 11) is 0. The highest BCUT2D eigenvalue weighted by Gasteiger charge is 2.30. The van der Waals surface area contributed by atoms with E-state index >= 15 is 0 Å². The Morgan fingerprint density at radius 3 is 1.89 bits per heavy atom. The van der Waals surface area contributed by atoms with Crippen LogP contribution in [0.1, 0.15) is 27.2 Å². The molecule has 0 radical (unpaired) electrons. The minimum Gasteiger partial charge on any atom is -0.464 e. The van der Waals surface area contributed by atoms with Crippen LogP contribution in [0.5, 0.6) is 0 Å². The number of esters is 2. The predicted molar refractivity (Wildman–Crippen MR) is 64.1 cm³/mol. The lowest BCUT2D eigenvalue weighted by Gasteiger charge is -2.14. The van der Waals surface area contributed by atoms with Crippen LogP contribution >= 0.6 is 0 Å². The van der Waals surface area contributed by atoms with Crippen LogP contribution in [0, 0.1) is 0 Å². The molecule has 0 saturated heterocycles. The molecular formula is C12H22O6. The molecule has 0 saturated carbocycles. The molecule has 6 nitrogen and oxygen atoms in total. The van der Waals surface area contributed by atoms with Crippen LogP contribution < -0.4 is 0 Å². The molecule has 0 aliphatic carbocycles. The topological polar surface area (TPSA) is 71.1 Å². The smallest absolute Gasteiger partial charge is 0.347 e. The van der Waals surface area contributed by atoms with Gasteiger partial charge in [-0.05, 0) is 27.2 Å². The highest BCUT2D eigenvalue weighted by molar-refractivity contribution is 5.98. The van der Waals surface area contributed by atoms with E-state index in [1.807, 2.05) is 6.92 Å². The Bertz CT molecular complexity index is 223. The molecular weight excluding hydrogens is 240 g/mol. The van der Waals surface area contributed by atoms with E-state index in [2.05, 4.69) is 0 Å². The van der Waals surface area contributed by atoms with Gasteiger partial charge in [-0.2, -0.15) is 0 Å². The monoisotopic (exact) mass is 262 g/mol. The molecule has 0 atom stereocenters. The van der Waals surface area contributed by atoms with Gasteiger partial charge in [-0.1, -0.05) is 0 Å². The summed E-state index contributed by atoms with van der Waals surface area (Å²) < 4.78 is 19.8. The fourth-order valence-electron chi connectivity index (χ4n) is 1.17. The van der Waals surface area contributed by atoms with Gasteiger partial charge in [-0.3, -0.25) is 0 Å². The number of ether oxygens (including phenoxy) is 4. The molecule has 0 heterocycles. The van der Waals surface area contributed by atoms with E-state index in [0.29, 0.717) is 19.6 Å². The van der Waals surface area contributed by atoms with Crippen molar-refractivity contribution in [3.05, 3.63) is 0 Å². The third-order valence-corrected chi connectivity index (χ3v) is 1.92. The molecule has 0 N–H and O–H groups in total. The maximum Gasteiger partial charge on any atom is 0.347 e. The predicted octanol–water partition coefficient (Wildman–Crippen LogP) is 0.924. The molecule has 6 heteroatoms. The van der Waals surface area contributed by atoms with Crippen molar-refractivity contribution in [2.75, 3.05) is 33.0 Å². The van der Waals surface area contributed by atoms with Crippen molar-refractivity contribution in [1.29, 1.82) is 0 Å². The van der Waals surface area contributed by atoms with Crippen molar-refractivity contribution >= 4 is 11.9 Å².